The Hall–Kier alpha value is -2.30. The summed E-state index contributed by atoms with van der Waals surface area (Å²) in [6.45, 7) is 0. The first kappa shape index (κ1) is 15.1. The van der Waals surface area contributed by atoms with Gasteiger partial charge in [-0.05, 0) is 0 Å². The fourth-order valence-electron chi connectivity index (χ4n) is 1.57. The van der Waals surface area contributed by atoms with Crippen LogP contribution >= 0.6 is 0 Å². The summed E-state index contributed by atoms with van der Waals surface area (Å²) in [5.41, 5.74) is 4.20. The van der Waals surface area contributed by atoms with Crippen LogP contribution in [-0.2, 0) is 0 Å². The average molecular weight is 347 g/mol. The van der Waals surface area contributed by atoms with Crippen molar-refractivity contribution in [3.8, 4) is 5.75 Å². The molecule has 0 aliphatic carbocycles. The van der Waals surface area contributed by atoms with Gasteiger partial charge in [-0.3, -0.25) is 0 Å². The molecule has 2 rings (SSSR count). The standard InChI is InChI=1S/C15H14N3O2Se/c1-20-13-9-7-11(8-10-13)14(19)16-15(21)18-17-12-5-3-2-4-6-12/h2-10,17H,1H3,(H,16,18,19). The number of ether oxygens (including phenoxy) is 1. The number of para-hydroxylation sites is 1. The molecule has 0 fully saturated rings. The van der Waals surface area contributed by atoms with Gasteiger partial charge in [0.1, 0.15) is 0 Å². The van der Waals surface area contributed by atoms with E-state index in [2.05, 4.69) is 31.9 Å². The molecule has 0 saturated carbocycles. The number of amidine groups is 1. The van der Waals surface area contributed by atoms with Gasteiger partial charge >= 0.3 is 131 Å². The van der Waals surface area contributed by atoms with Gasteiger partial charge in [0, 0.05) is 0 Å². The van der Waals surface area contributed by atoms with Crippen LogP contribution in [0.2, 0.25) is 0 Å². The number of hydrogen-bond donors (Lipinski definition) is 2. The topological polar surface area (TPSA) is 62.7 Å². The van der Waals surface area contributed by atoms with E-state index >= 15 is 0 Å². The molecule has 6 heteroatoms. The van der Waals surface area contributed by atoms with Crippen LogP contribution in [0, 0.1) is 0 Å². The molecule has 21 heavy (non-hydrogen) atoms. The van der Waals surface area contributed by atoms with Gasteiger partial charge in [-0.25, -0.2) is 0 Å². The van der Waals surface area contributed by atoms with Crippen molar-refractivity contribution in [1.29, 1.82) is 0 Å². The maximum absolute atomic E-state index is 12.0. The van der Waals surface area contributed by atoms with Crippen LogP contribution in [0.5, 0.6) is 5.75 Å². The molecule has 2 aromatic rings. The number of nitrogens with one attached hydrogen (secondary N) is 2. The van der Waals surface area contributed by atoms with Gasteiger partial charge in [0.25, 0.3) is 0 Å². The number of carbonyl (C=O) groups is 1. The van der Waals surface area contributed by atoms with Gasteiger partial charge in [-0.2, -0.15) is 0 Å². The summed E-state index contributed by atoms with van der Waals surface area (Å²) < 4.78 is 5.41. The van der Waals surface area contributed by atoms with E-state index in [1.165, 1.54) is 0 Å². The first-order chi connectivity index (χ1) is 10.2. The number of methoxy groups -OCH3 is 1. The van der Waals surface area contributed by atoms with Gasteiger partial charge in [0.2, 0.25) is 0 Å². The molecular weight excluding hydrogens is 333 g/mol. The Morgan fingerprint density at radius 3 is 2.38 bits per heavy atom. The van der Waals surface area contributed by atoms with Crippen molar-refractivity contribution in [1.82, 2.24) is 5.32 Å². The summed E-state index contributed by atoms with van der Waals surface area (Å²) in [6.07, 6.45) is 0. The molecule has 5 nitrogen and oxygen atoms in total. The van der Waals surface area contributed by atoms with E-state index < -0.39 is 0 Å². The van der Waals surface area contributed by atoms with E-state index in [9.17, 15) is 4.79 Å². The molecule has 0 atom stereocenters. The average Bonchev–Trinajstić information content (AvgIpc) is 2.54. The van der Waals surface area contributed by atoms with E-state index in [1.807, 2.05) is 30.3 Å². The van der Waals surface area contributed by atoms with Crippen LogP contribution < -0.4 is 15.5 Å². The summed E-state index contributed by atoms with van der Waals surface area (Å²) in [4.78, 5) is 12.0. The number of hydrogen-bond acceptors (Lipinski definition) is 4. The molecule has 0 spiro atoms. The SMILES string of the molecule is COc1ccc(C(=O)N/C([Se])=N/Nc2ccccc2)cc1. The third-order valence-electron chi connectivity index (χ3n) is 2.63. The summed E-state index contributed by atoms with van der Waals surface area (Å²) in [7, 11) is 1.58. The zero-order valence-corrected chi connectivity index (χ0v) is 13.1. The Kier molecular flexibility index (Phi) is 5.37. The second kappa shape index (κ2) is 7.47. The molecule has 0 aliphatic heterocycles. The maximum atomic E-state index is 12.0. The van der Waals surface area contributed by atoms with Gasteiger partial charge < -0.3 is 0 Å². The van der Waals surface area contributed by atoms with Gasteiger partial charge in [0.05, 0.1) is 0 Å². The van der Waals surface area contributed by atoms with Crippen LogP contribution in [0.4, 0.5) is 5.69 Å². The Bertz CT molecular complexity index is 627. The van der Waals surface area contributed by atoms with Crippen LogP contribution in [0.25, 0.3) is 0 Å². The minimum absolute atomic E-state index is 0.245. The summed E-state index contributed by atoms with van der Waals surface area (Å²) in [6, 6.07) is 16.3. The van der Waals surface area contributed by atoms with Crippen LogP contribution in [0.3, 0.4) is 0 Å². The van der Waals surface area contributed by atoms with E-state index in [4.69, 9.17) is 4.74 Å². The fourth-order valence-corrected chi connectivity index (χ4v) is 1.86. The minimum atomic E-state index is -0.245. The summed E-state index contributed by atoms with van der Waals surface area (Å²) in [5.74, 6) is 0.458. The Labute approximate surface area is 131 Å². The Morgan fingerprint density at radius 2 is 1.76 bits per heavy atom. The number of hydrazone groups is 1. The van der Waals surface area contributed by atoms with E-state index in [0.717, 1.165) is 5.69 Å². The predicted molar refractivity (Wildman–Crippen MR) is 83.7 cm³/mol. The third-order valence-corrected chi connectivity index (χ3v) is 3.04. The molecular formula is C15H14N3O2Se. The first-order valence-electron chi connectivity index (χ1n) is 6.20. The Balaban J connectivity index is 1.94. The van der Waals surface area contributed by atoms with Crippen LogP contribution in [-0.4, -0.2) is 33.8 Å². The molecule has 107 valence electrons. The quantitative estimate of drug-likeness (QED) is 0.385. The van der Waals surface area contributed by atoms with Crippen molar-refractivity contribution in [3.63, 3.8) is 0 Å². The normalized spacial score (nSPS) is 10.8. The molecule has 0 bridgehead atoms. The second-order valence-corrected chi connectivity index (χ2v) is 4.89. The zero-order valence-electron chi connectivity index (χ0n) is 11.4. The molecule has 0 aliphatic rings. The number of amides is 1. The van der Waals surface area contributed by atoms with Crippen molar-refractivity contribution in [2.24, 2.45) is 5.10 Å². The zero-order chi connectivity index (χ0) is 15.1. The van der Waals surface area contributed by atoms with Crippen LogP contribution in [0.1, 0.15) is 10.4 Å². The van der Waals surface area contributed by atoms with Crippen molar-refractivity contribution in [3.05, 3.63) is 60.2 Å². The summed E-state index contributed by atoms with van der Waals surface area (Å²) >= 11 is 2.70. The number of anilines is 1. The van der Waals surface area contributed by atoms with Crippen molar-refractivity contribution in [2.45, 2.75) is 0 Å². The molecule has 1 amide bonds. The number of nitrogens with zero attached hydrogens (tertiary/aromatic N) is 1. The molecule has 0 aromatic heterocycles. The number of benzene rings is 2. The Morgan fingerprint density at radius 1 is 1.10 bits per heavy atom. The van der Waals surface area contributed by atoms with Crippen molar-refractivity contribution >= 4 is 32.3 Å². The molecule has 2 aromatic carbocycles. The van der Waals surface area contributed by atoms with E-state index in [1.54, 1.807) is 31.4 Å². The van der Waals surface area contributed by atoms with E-state index in [0.29, 0.717) is 16.0 Å². The number of rotatable bonds is 4. The first-order valence-corrected chi connectivity index (χ1v) is 7.06. The van der Waals surface area contributed by atoms with Crippen molar-refractivity contribution < 1.29 is 9.53 Å². The third kappa shape index (κ3) is 4.63. The second-order valence-electron chi connectivity index (χ2n) is 4.08. The monoisotopic (exact) mass is 348 g/mol. The molecule has 0 unspecified atom stereocenters. The van der Waals surface area contributed by atoms with Gasteiger partial charge in [-0.15, -0.1) is 0 Å². The molecule has 0 heterocycles. The molecule has 0 saturated heterocycles. The fraction of sp³-hybridized carbons (Fsp3) is 0.0667. The number of carbonyl (C=O) groups excluding carboxylic acids is 1. The van der Waals surface area contributed by atoms with Gasteiger partial charge in [0.15, 0.2) is 0 Å². The molecule has 2 N–H and O–H groups in total. The van der Waals surface area contributed by atoms with Crippen LogP contribution in [0.15, 0.2) is 59.7 Å². The van der Waals surface area contributed by atoms with Gasteiger partial charge in [-0.1, -0.05) is 0 Å². The molecule has 1 radical (unpaired) electrons. The predicted octanol–water partition coefficient (Wildman–Crippen LogP) is 1.98. The van der Waals surface area contributed by atoms with E-state index in [-0.39, 0.29) is 5.91 Å². The summed E-state index contributed by atoms with van der Waals surface area (Å²) in [5, 5.41) is 6.70. The van der Waals surface area contributed by atoms with Crippen molar-refractivity contribution in [2.75, 3.05) is 12.5 Å².